The number of hydrogen-bond donors (Lipinski definition) is 0. The van der Waals surface area contributed by atoms with Crippen molar-refractivity contribution in [2.24, 2.45) is 0 Å². The molecule has 0 saturated carbocycles. The predicted octanol–water partition coefficient (Wildman–Crippen LogP) is 3.37. The largest absolute Gasteiger partial charge is 0.433 e. The quantitative estimate of drug-likeness (QED) is 0.787. The number of alkyl halides is 3. The minimum Gasteiger partial charge on any atom is -0.352 e. The maximum atomic E-state index is 12.7. The van der Waals surface area contributed by atoms with E-state index in [-0.39, 0.29) is 11.4 Å². The zero-order valence-corrected chi connectivity index (χ0v) is 10.8. The summed E-state index contributed by atoms with van der Waals surface area (Å²) in [5, 5.41) is 8.97. The lowest BCUT2D eigenvalue weighted by molar-refractivity contribution is -0.141. The van der Waals surface area contributed by atoms with E-state index >= 15 is 0 Å². The second kappa shape index (κ2) is 5.74. The molecule has 0 aliphatic rings. The Balaban J connectivity index is 3.29. The third-order valence-electron chi connectivity index (χ3n) is 2.43. The molecule has 0 bridgehead atoms. The first-order valence-corrected chi connectivity index (χ1v) is 5.67. The summed E-state index contributed by atoms with van der Waals surface area (Å²) in [4.78, 5) is 5.17. The molecule has 1 heterocycles. The molecule has 0 aliphatic heterocycles. The molecule has 0 saturated heterocycles. The van der Waals surface area contributed by atoms with E-state index in [4.69, 9.17) is 5.26 Å². The van der Waals surface area contributed by atoms with Crippen LogP contribution in [-0.2, 0) is 6.18 Å². The van der Waals surface area contributed by atoms with Crippen LogP contribution in [0.5, 0.6) is 0 Å². The highest BCUT2D eigenvalue weighted by Crippen LogP contribution is 2.30. The van der Waals surface area contributed by atoms with Crippen molar-refractivity contribution >= 4 is 5.82 Å². The predicted molar refractivity (Wildman–Crippen MR) is 66.7 cm³/mol. The van der Waals surface area contributed by atoms with Gasteiger partial charge in [0.2, 0.25) is 0 Å². The number of rotatable bonds is 4. The van der Waals surface area contributed by atoms with Crippen LogP contribution < -0.4 is 4.90 Å². The summed E-state index contributed by atoms with van der Waals surface area (Å²) >= 11 is 0. The molecule has 3 nitrogen and oxygen atoms in total. The highest BCUT2D eigenvalue weighted by molar-refractivity contribution is 5.55. The van der Waals surface area contributed by atoms with Crippen LogP contribution in [0.4, 0.5) is 19.0 Å². The topological polar surface area (TPSA) is 39.9 Å². The van der Waals surface area contributed by atoms with Gasteiger partial charge in [-0.05, 0) is 26.0 Å². The number of nitrogens with zero attached hydrogens (tertiary/aromatic N) is 3. The average molecular weight is 269 g/mol. The monoisotopic (exact) mass is 269 g/mol. The molecule has 0 aliphatic carbocycles. The minimum absolute atomic E-state index is 0.0443. The smallest absolute Gasteiger partial charge is 0.352 e. The van der Waals surface area contributed by atoms with Crippen molar-refractivity contribution in [2.45, 2.75) is 20.0 Å². The van der Waals surface area contributed by atoms with E-state index < -0.39 is 11.9 Å². The first-order chi connectivity index (χ1) is 8.79. The second-order valence-corrected chi connectivity index (χ2v) is 4.15. The van der Waals surface area contributed by atoms with Crippen molar-refractivity contribution in [1.29, 1.82) is 5.26 Å². The van der Waals surface area contributed by atoms with Gasteiger partial charge in [-0.1, -0.05) is 12.2 Å². The van der Waals surface area contributed by atoms with Gasteiger partial charge >= 0.3 is 6.18 Å². The van der Waals surface area contributed by atoms with Crippen LogP contribution in [0.3, 0.4) is 0 Å². The van der Waals surface area contributed by atoms with Crippen molar-refractivity contribution in [2.75, 3.05) is 18.0 Å². The molecule has 0 amide bonds. The number of anilines is 1. The second-order valence-electron chi connectivity index (χ2n) is 4.15. The molecule has 19 heavy (non-hydrogen) atoms. The summed E-state index contributed by atoms with van der Waals surface area (Å²) in [6.07, 6.45) is -4.52. The summed E-state index contributed by atoms with van der Waals surface area (Å²) < 4.78 is 38.0. The number of pyridine rings is 1. The molecular formula is C13H14F3N3. The Kier molecular flexibility index (Phi) is 4.54. The van der Waals surface area contributed by atoms with Gasteiger partial charge in [-0.2, -0.15) is 18.4 Å². The Labute approximate surface area is 110 Å². The fourth-order valence-corrected chi connectivity index (χ4v) is 1.60. The minimum atomic E-state index is -4.52. The molecule has 0 unspecified atom stereocenters. The Morgan fingerprint density at radius 3 is 2.53 bits per heavy atom. The Morgan fingerprint density at radius 2 is 2.11 bits per heavy atom. The van der Waals surface area contributed by atoms with E-state index in [9.17, 15) is 13.2 Å². The Hall–Kier alpha value is -2.03. The lowest BCUT2D eigenvalue weighted by Gasteiger charge is -2.23. The van der Waals surface area contributed by atoms with Crippen molar-refractivity contribution in [3.63, 3.8) is 0 Å². The molecule has 0 radical (unpaired) electrons. The van der Waals surface area contributed by atoms with Crippen LogP contribution >= 0.6 is 0 Å². The van der Waals surface area contributed by atoms with Crippen LogP contribution in [0.25, 0.3) is 0 Å². The lowest BCUT2D eigenvalue weighted by Crippen LogP contribution is -2.27. The van der Waals surface area contributed by atoms with Gasteiger partial charge < -0.3 is 4.90 Å². The Bertz CT molecular complexity index is 515. The molecule has 1 aromatic rings. The molecule has 0 fully saturated rings. The van der Waals surface area contributed by atoms with Gasteiger partial charge in [0.25, 0.3) is 0 Å². The van der Waals surface area contributed by atoms with E-state index in [1.165, 1.54) is 0 Å². The van der Waals surface area contributed by atoms with Gasteiger partial charge in [-0.3, -0.25) is 0 Å². The summed E-state index contributed by atoms with van der Waals surface area (Å²) in [6, 6.07) is 3.82. The SMILES string of the molecule is C=C(C)CN(CC)c1nc(C(F)(F)F)ccc1C#N. The molecule has 0 N–H and O–H groups in total. The number of halogens is 3. The first kappa shape index (κ1) is 15.0. The van der Waals surface area contributed by atoms with Crippen LogP contribution in [0.15, 0.2) is 24.3 Å². The van der Waals surface area contributed by atoms with E-state index in [0.29, 0.717) is 13.1 Å². The molecule has 1 rings (SSSR count). The normalized spacial score (nSPS) is 10.9. The van der Waals surface area contributed by atoms with E-state index in [1.807, 2.05) is 6.07 Å². The van der Waals surface area contributed by atoms with Gasteiger partial charge in [-0.15, -0.1) is 0 Å². The molecule has 0 aromatic carbocycles. The molecule has 6 heteroatoms. The van der Waals surface area contributed by atoms with E-state index in [1.54, 1.807) is 18.7 Å². The van der Waals surface area contributed by atoms with Gasteiger partial charge in [0.1, 0.15) is 17.6 Å². The molecule has 0 atom stereocenters. The summed E-state index contributed by atoms with van der Waals surface area (Å²) in [7, 11) is 0. The first-order valence-electron chi connectivity index (χ1n) is 5.67. The van der Waals surface area contributed by atoms with Crippen LogP contribution in [0.2, 0.25) is 0 Å². The average Bonchev–Trinajstić information content (AvgIpc) is 2.33. The van der Waals surface area contributed by atoms with E-state index in [2.05, 4.69) is 11.6 Å². The third-order valence-corrected chi connectivity index (χ3v) is 2.43. The molecule has 1 aromatic heterocycles. The van der Waals surface area contributed by atoms with Crippen molar-refractivity contribution in [3.8, 4) is 6.07 Å². The number of likely N-dealkylation sites (N-methyl/N-ethyl adjacent to an activating group) is 1. The molecule has 102 valence electrons. The van der Waals surface area contributed by atoms with Gasteiger partial charge in [-0.25, -0.2) is 4.98 Å². The van der Waals surface area contributed by atoms with Crippen LogP contribution in [0.1, 0.15) is 25.1 Å². The van der Waals surface area contributed by atoms with Crippen molar-refractivity contribution < 1.29 is 13.2 Å². The lowest BCUT2D eigenvalue weighted by atomic mass is 10.2. The number of aromatic nitrogens is 1. The van der Waals surface area contributed by atoms with Crippen molar-refractivity contribution in [3.05, 3.63) is 35.5 Å². The van der Waals surface area contributed by atoms with Gasteiger partial charge in [0.05, 0.1) is 5.56 Å². The summed E-state index contributed by atoms with van der Waals surface area (Å²) in [5.74, 6) is 0.0443. The van der Waals surface area contributed by atoms with Gasteiger partial charge in [0.15, 0.2) is 0 Å². The number of hydrogen-bond acceptors (Lipinski definition) is 3. The summed E-state index contributed by atoms with van der Waals surface area (Å²) in [6.45, 7) is 8.07. The molecule has 0 spiro atoms. The zero-order chi connectivity index (χ0) is 14.6. The fraction of sp³-hybridized carbons (Fsp3) is 0.385. The third kappa shape index (κ3) is 3.71. The number of nitriles is 1. The summed E-state index contributed by atoms with van der Waals surface area (Å²) in [5.41, 5.74) is -0.0947. The maximum absolute atomic E-state index is 12.7. The molecular weight excluding hydrogens is 255 g/mol. The highest BCUT2D eigenvalue weighted by atomic mass is 19.4. The standard InChI is InChI=1S/C13H14F3N3/c1-4-19(8-9(2)3)12-10(7-17)5-6-11(18-12)13(14,15)16/h5-6H,2,4,8H2,1,3H3. The van der Waals surface area contributed by atoms with Crippen molar-refractivity contribution in [1.82, 2.24) is 4.98 Å². The highest BCUT2D eigenvalue weighted by Gasteiger charge is 2.33. The maximum Gasteiger partial charge on any atom is 0.433 e. The Morgan fingerprint density at radius 1 is 1.47 bits per heavy atom. The van der Waals surface area contributed by atoms with Gasteiger partial charge in [0, 0.05) is 13.1 Å². The van der Waals surface area contributed by atoms with Crippen LogP contribution in [0, 0.1) is 11.3 Å². The zero-order valence-electron chi connectivity index (χ0n) is 10.8. The van der Waals surface area contributed by atoms with Crippen LogP contribution in [-0.4, -0.2) is 18.1 Å². The fourth-order valence-electron chi connectivity index (χ4n) is 1.60. The van der Waals surface area contributed by atoms with E-state index in [0.717, 1.165) is 17.7 Å².